The summed E-state index contributed by atoms with van der Waals surface area (Å²) in [5.41, 5.74) is 0.183. The summed E-state index contributed by atoms with van der Waals surface area (Å²) in [7, 11) is 0. The lowest BCUT2D eigenvalue weighted by Gasteiger charge is -2.06. The van der Waals surface area contributed by atoms with Gasteiger partial charge in [-0.3, -0.25) is 14.9 Å². The SMILES string of the molecule is O=C(NCCNC1CC1)c1cc(Br)cc([N+](=O)[O-])c1. The van der Waals surface area contributed by atoms with Crippen LogP contribution in [-0.4, -0.2) is 30.0 Å². The lowest BCUT2D eigenvalue weighted by molar-refractivity contribution is -0.385. The summed E-state index contributed by atoms with van der Waals surface area (Å²) >= 11 is 3.16. The summed E-state index contributed by atoms with van der Waals surface area (Å²) in [6, 6.07) is 4.81. The normalized spacial score (nSPS) is 14.2. The van der Waals surface area contributed by atoms with Gasteiger partial charge in [0, 0.05) is 41.3 Å². The van der Waals surface area contributed by atoms with Gasteiger partial charge in [0.1, 0.15) is 0 Å². The number of rotatable bonds is 6. The second-order valence-corrected chi connectivity index (χ2v) is 5.36. The van der Waals surface area contributed by atoms with E-state index in [1.54, 1.807) is 6.07 Å². The van der Waals surface area contributed by atoms with Crippen LogP contribution in [0.3, 0.4) is 0 Å². The van der Waals surface area contributed by atoms with Gasteiger partial charge in [0.15, 0.2) is 0 Å². The molecule has 1 aromatic rings. The number of nitrogens with zero attached hydrogens (tertiary/aromatic N) is 1. The van der Waals surface area contributed by atoms with Crippen molar-refractivity contribution in [2.24, 2.45) is 0 Å². The standard InChI is InChI=1S/C12H14BrN3O3/c13-9-5-8(6-11(7-9)16(18)19)12(17)15-4-3-14-10-1-2-10/h5-7,10,14H,1-4H2,(H,15,17). The number of amides is 1. The Morgan fingerprint density at radius 3 is 2.74 bits per heavy atom. The number of carbonyl (C=O) groups excluding carboxylic acids is 1. The number of nitrogens with one attached hydrogen (secondary N) is 2. The summed E-state index contributed by atoms with van der Waals surface area (Å²) in [6.45, 7) is 1.22. The minimum atomic E-state index is -0.518. The van der Waals surface area contributed by atoms with Crippen LogP contribution in [0.25, 0.3) is 0 Å². The summed E-state index contributed by atoms with van der Waals surface area (Å²) in [6.07, 6.45) is 2.40. The van der Waals surface area contributed by atoms with E-state index in [4.69, 9.17) is 0 Å². The van der Waals surface area contributed by atoms with Crippen LogP contribution in [0.4, 0.5) is 5.69 Å². The average molecular weight is 328 g/mol. The highest BCUT2D eigenvalue weighted by atomic mass is 79.9. The first kappa shape index (κ1) is 14.0. The second-order valence-electron chi connectivity index (χ2n) is 4.44. The van der Waals surface area contributed by atoms with E-state index in [2.05, 4.69) is 26.6 Å². The van der Waals surface area contributed by atoms with E-state index in [9.17, 15) is 14.9 Å². The first-order valence-corrected chi connectivity index (χ1v) is 6.82. The molecule has 1 fully saturated rings. The molecule has 6 nitrogen and oxygen atoms in total. The Morgan fingerprint density at radius 1 is 1.37 bits per heavy atom. The van der Waals surface area contributed by atoms with Crippen LogP contribution in [0.15, 0.2) is 22.7 Å². The van der Waals surface area contributed by atoms with E-state index >= 15 is 0 Å². The predicted molar refractivity (Wildman–Crippen MR) is 74.2 cm³/mol. The highest BCUT2D eigenvalue weighted by molar-refractivity contribution is 9.10. The van der Waals surface area contributed by atoms with Crippen LogP contribution >= 0.6 is 15.9 Å². The molecule has 1 aliphatic carbocycles. The summed E-state index contributed by atoms with van der Waals surface area (Å²) < 4.78 is 0.517. The quantitative estimate of drug-likeness (QED) is 0.474. The van der Waals surface area contributed by atoms with Gasteiger partial charge in [-0.05, 0) is 18.9 Å². The number of hydrogen-bond donors (Lipinski definition) is 2. The topological polar surface area (TPSA) is 84.3 Å². The van der Waals surface area contributed by atoms with Crippen molar-refractivity contribution in [1.82, 2.24) is 10.6 Å². The first-order chi connectivity index (χ1) is 9.06. The third-order valence-electron chi connectivity index (χ3n) is 2.78. The van der Waals surface area contributed by atoms with E-state index in [0.29, 0.717) is 23.6 Å². The second kappa shape index (κ2) is 6.12. The van der Waals surface area contributed by atoms with Crippen LogP contribution in [0.5, 0.6) is 0 Å². The van der Waals surface area contributed by atoms with E-state index < -0.39 is 4.92 Å². The Labute approximate surface area is 118 Å². The fourth-order valence-electron chi connectivity index (χ4n) is 1.65. The van der Waals surface area contributed by atoms with Crippen molar-refractivity contribution < 1.29 is 9.72 Å². The van der Waals surface area contributed by atoms with E-state index in [-0.39, 0.29) is 17.2 Å². The predicted octanol–water partition coefficient (Wildman–Crippen LogP) is 1.84. The highest BCUT2D eigenvalue weighted by Gasteiger charge is 2.19. The van der Waals surface area contributed by atoms with Crippen molar-refractivity contribution in [1.29, 1.82) is 0 Å². The molecule has 0 unspecified atom stereocenters. The van der Waals surface area contributed by atoms with Crippen LogP contribution in [0.2, 0.25) is 0 Å². The number of carbonyl (C=O) groups is 1. The first-order valence-electron chi connectivity index (χ1n) is 6.03. The smallest absolute Gasteiger partial charge is 0.271 e. The third kappa shape index (κ3) is 4.29. The minimum absolute atomic E-state index is 0.101. The lowest BCUT2D eigenvalue weighted by atomic mass is 10.2. The average Bonchev–Trinajstić information content (AvgIpc) is 3.17. The Balaban J connectivity index is 1.91. The molecule has 0 spiro atoms. The number of nitro groups is 1. The van der Waals surface area contributed by atoms with Crippen molar-refractivity contribution in [3.63, 3.8) is 0 Å². The molecular formula is C12H14BrN3O3. The highest BCUT2D eigenvalue weighted by Crippen LogP contribution is 2.21. The molecule has 7 heteroatoms. The Morgan fingerprint density at radius 2 is 2.11 bits per heavy atom. The fraction of sp³-hybridized carbons (Fsp3) is 0.417. The van der Waals surface area contributed by atoms with Gasteiger partial charge in [-0.15, -0.1) is 0 Å². The number of non-ortho nitro benzene ring substituents is 1. The molecule has 0 bridgehead atoms. The number of halogens is 1. The van der Waals surface area contributed by atoms with Crippen molar-refractivity contribution in [3.05, 3.63) is 38.3 Å². The zero-order valence-electron chi connectivity index (χ0n) is 10.2. The lowest BCUT2D eigenvalue weighted by Crippen LogP contribution is -2.32. The zero-order chi connectivity index (χ0) is 13.8. The molecule has 1 aliphatic rings. The van der Waals surface area contributed by atoms with Gasteiger partial charge in [-0.25, -0.2) is 0 Å². The molecule has 19 heavy (non-hydrogen) atoms. The maximum Gasteiger partial charge on any atom is 0.271 e. The molecule has 0 heterocycles. The number of nitro benzene ring substituents is 1. The van der Waals surface area contributed by atoms with Crippen LogP contribution < -0.4 is 10.6 Å². The fourth-order valence-corrected chi connectivity index (χ4v) is 2.13. The van der Waals surface area contributed by atoms with Gasteiger partial charge in [0.2, 0.25) is 0 Å². The van der Waals surface area contributed by atoms with E-state index in [1.165, 1.54) is 25.0 Å². The van der Waals surface area contributed by atoms with Gasteiger partial charge in [-0.2, -0.15) is 0 Å². The van der Waals surface area contributed by atoms with Gasteiger partial charge < -0.3 is 10.6 Å². The van der Waals surface area contributed by atoms with Crippen molar-refractivity contribution in [3.8, 4) is 0 Å². The van der Waals surface area contributed by atoms with Crippen LogP contribution in [0.1, 0.15) is 23.2 Å². The molecule has 2 N–H and O–H groups in total. The minimum Gasteiger partial charge on any atom is -0.351 e. The van der Waals surface area contributed by atoms with Crippen LogP contribution in [-0.2, 0) is 0 Å². The molecule has 2 rings (SSSR count). The van der Waals surface area contributed by atoms with Gasteiger partial charge in [-0.1, -0.05) is 15.9 Å². The third-order valence-corrected chi connectivity index (χ3v) is 3.23. The largest absolute Gasteiger partial charge is 0.351 e. The molecule has 1 aromatic carbocycles. The molecule has 0 aliphatic heterocycles. The molecule has 1 amide bonds. The van der Waals surface area contributed by atoms with Crippen LogP contribution in [0, 0.1) is 10.1 Å². The Hall–Kier alpha value is -1.47. The maximum absolute atomic E-state index is 11.8. The Kier molecular flexibility index (Phi) is 4.49. The summed E-state index contributed by atoms with van der Waals surface area (Å²) in [4.78, 5) is 22.0. The molecule has 0 atom stereocenters. The number of benzene rings is 1. The molecule has 0 saturated heterocycles. The van der Waals surface area contributed by atoms with Crippen molar-refractivity contribution in [2.75, 3.05) is 13.1 Å². The summed E-state index contributed by atoms with van der Waals surface area (Å²) in [5.74, 6) is -0.304. The number of hydrogen-bond acceptors (Lipinski definition) is 4. The molecule has 0 aromatic heterocycles. The molecule has 1 saturated carbocycles. The Bertz CT molecular complexity index is 503. The maximum atomic E-state index is 11.8. The van der Waals surface area contributed by atoms with E-state index in [1.807, 2.05) is 0 Å². The van der Waals surface area contributed by atoms with E-state index in [0.717, 1.165) is 0 Å². The summed E-state index contributed by atoms with van der Waals surface area (Å²) in [5, 5.41) is 16.7. The molecular weight excluding hydrogens is 314 g/mol. The molecule has 0 radical (unpaired) electrons. The van der Waals surface area contributed by atoms with Gasteiger partial charge in [0.25, 0.3) is 11.6 Å². The van der Waals surface area contributed by atoms with Gasteiger partial charge in [0.05, 0.1) is 4.92 Å². The monoisotopic (exact) mass is 327 g/mol. The zero-order valence-corrected chi connectivity index (χ0v) is 11.8. The van der Waals surface area contributed by atoms with Crippen molar-refractivity contribution >= 4 is 27.5 Å². The molecule has 102 valence electrons. The van der Waals surface area contributed by atoms with Crippen molar-refractivity contribution in [2.45, 2.75) is 18.9 Å². The van der Waals surface area contributed by atoms with Gasteiger partial charge >= 0.3 is 0 Å².